The third kappa shape index (κ3) is 3.96. The highest BCUT2D eigenvalue weighted by Gasteiger charge is 1.76. The SMILES string of the molecule is [3H]C(O)CCCC. The van der Waals surface area contributed by atoms with Crippen LogP contribution in [0, 0.1) is 0 Å². The van der Waals surface area contributed by atoms with Crippen molar-refractivity contribution in [3.63, 3.8) is 0 Å². The number of aliphatic hydroxyl groups is 1. The quantitative estimate of drug-likeness (QED) is 0.551. The monoisotopic (exact) mass is 90.1 g/mol. The fourth-order valence-electron chi connectivity index (χ4n) is 0.295. The lowest BCUT2D eigenvalue weighted by Gasteiger charge is -1.85. The molecular formula is C5H12O. The average molecular weight is 90.2 g/mol. The van der Waals surface area contributed by atoms with Crippen molar-refractivity contribution >= 4 is 0 Å². The van der Waals surface area contributed by atoms with Gasteiger partial charge in [0.1, 0.15) is 0 Å². The maximum absolute atomic E-state index is 8.35. The Balaban J connectivity index is 2.68. The maximum atomic E-state index is 8.35. The van der Waals surface area contributed by atoms with Crippen molar-refractivity contribution in [1.29, 1.82) is 0 Å². The number of rotatable bonds is 3. The smallest absolute Gasteiger partial charge is 0.0564 e. The van der Waals surface area contributed by atoms with E-state index in [-0.39, 0.29) is 0 Å². The predicted octanol–water partition coefficient (Wildman–Crippen LogP) is 1.17. The highest BCUT2D eigenvalue weighted by molar-refractivity contribution is 4.30. The van der Waals surface area contributed by atoms with E-state index in [9.17, 15) is 0 Å². The lowest BCUT2D eigenvalue weighted by molar-refractivity contribution is 0.284. The first-order valence-corrected chi connectivity index (χ1v) is 2.37. The summed E-state index contributed by atoms with van der Waals surface area (Å²) in [5.41, 5.74) is 0. The minimum Gasteiger partial charge on any atom is -0.396 e. The Morgan fingerprint density at radius 3 is 2.50 bits per heavy atom. The first-order chi connectivity index (χ1) is 3.27. The molecule has 0 radical (unpaired) electrons. The highest BCUT2D eigenvalue weighted by Crippen LogP contribution is 1.89. The van der Waals surface area contributed by atoms with Crippen LogP contribution in [-0.2, 0) is 0 Å². The van der Waals surface area contributed by atoms with E-state index in [4.69, 9.17) is 6.48 Å². The Morgan fingerprint density at radius 2 is 2.33 bits per heavy atom. The predicted molar refractivity (Wildman–Crippen MR) is 26.6 cm³/mol. The van der Waals surface area contributed by atoms with Crippen molar-refractivity contribution in [1.82, 2.24) is 0 Å². The summed E-state index contributed by atoms with van der Waals surface area (Å²) in [6, 6.07) is 0. The van der Waals surface area contributed by atoms with Gasteiger partial charge in [-0.05, 0) is 6.42 Å². The van der Waals surface area contributed by atoms with Crippen molar-refractivity contribution in [3.05, 3.63) is 0 Å². The molecule has 0 saturated carbocycles. The van der Waals surface area contributed by atoms with Gasteiger partial charge in [0.25, 0.3) is 0 Å². The van der Waals surface area contributed by atoms with E-state index in [1.807, 2.05) is 6.92 Å². The van der Waals surface area contributed by atoms with Gasteiger partial charge in [-0.15, -0.1) is 0 Å². The second-order valence-electron chi connectivity index (χ2n) is 1.32. The first-order valence-electron chi connectivity index (χ1n) is 2.95. The molecule has 0 aliphatic rings. The molecule has 0 aromatic heterocycles. The fourth-order valence-corrected chi connectivity index (χ4v) is 0.295. The van der Waals surface area contributed by atoms with E-state index in [0.29, 0.717) is 6.42 Å². The van der Waals surface area contributed by atoms with Crippen LogP contribution in [0.25, 0.3) is 0 Å². The van der Waals surface area contributed by atoms with Crippen LogP contribution in [0.15, 0.2) is 0 Å². The molecule has 0 saturated heterocycles. The van der Waals surface area contributed by atoms with Crippen LogP contribution in [0.5, 0.6) is 0 Å². The molecule has 0 aromatic carbocycles. The topological polar surface area (TPSA) is 20.2 Å². The third-order valence-electron chi connectivity index (χ3n) is 0.687. The molecule has 1 unspecified atom stereocenters. The van der Waals surface area contributed by atoms with Crippen molar-refractivity contribution in [3.8, 4) is 0 Å². The van der Waals surface area contributed by atoms with Gasteiger partial charge in [-0.25, -0.2) is 0 Å². The molecule has 0 amide bonds. The average Bonchev–Trinajstić information content (AvgIpc) is 1.61. The van der Waals surface area contributed by atoms with Crippen molar-refractivity contribution in [2.75, 3.05) is 6.58 Å². The van der Waals surface area contributed by atoms with E-state index < -0.39 is 6.58 Å². The number of hydrogen-bond donors (Lipinski definition) is 1. The Kier molecular flexibility index (Phi) is 3.41. The molecule has 38 valence electrons. The van der Waals surface area contributed by atoms with Crippen LogP contribution in [0.4, 0.5) is 0 Å². The standard InChI is InChI=1S/C5H12O/c1-2-3-4-5-6/h6H,2-5H2,1H3/i5T. The maximum Gasteiger partial charge on any atom is 0.0564 e. The number of aliphatic hydroxyl groups excluding tert-OH is 1. The molecule has 1 nitrogen and oxygen atoms in total. The van der Waals surface area contributed by atoms with E-state index in [2.05, 4.69) is 0 Å². The molecule has 0 fully saturated rings. The molecule has 1 N–H and O–H groups in total. The van der Waals surface area contributed by atoms with Gasteiger partial charge in [0.05, 0.1) is 1.37 Å². The Labute approximate surface area is 40.4 Å². The van der Waals surface area contributed by atoms with E-state index in [1.54, 1.807) is 0 Å². The lowest BCUT2D eigenvalue weighted by Crippen LogP contribution is -1.78. The Morgan fingerprint density at radius 1 is 1.67 bits per heavy atom. The van der Waals surface area contributed by atoms with Gasteiger partial charge in [0.15, 0.2) is 0 Å². The third-order valence-corrected chi connectivity index (χ3v) is 0.687. The van der Waals surface area contributed by atoms with E-state index >= 15 is 0 Å². The fraction of sp³-hybridized carbons (Fsp3) is 1.00. The molecule has 6 heavy (non-hydrogen) atoms. The van der Waals surface area contributed by atoms with E-state index in [1.165, 1.54) is 0 Å². The molecule has 0 aromatic rings. The van der Waals surface area contributed by atoms with Gasteiger partial charge in [-0.3, -0.25) is 0 Å². The zero-order valence-corrected chi connectivity index (χ0v) is 4.15. The van der Waals surface area contributed by atoms with Crippen LogP contribution in [0.1, 0.15) is 27.6 Å². The van der Waals surface area contributed by atoms with Crippen LogP contribution < -0.4 is 0 Å². The summed E-state index contributed by atoms with van der Waals surface area (Å²) in [5, 5.41) is 8.35. The minimum absolute atomic E-state index is 0.622. The van der Waals surface area contributed by atoms with Crippen LogP contribution in [0.3, 0.4) is 0 Å². The zero-order chi connectivity index (χ0) is 5.70. The summed E-state index contributed by atoms with van der Waals surface area (Å²) < 4.78 is 6.64. The van der Waals surface area contributed by atoms with Crippen LogP contribution in [0.2, 0.25) is 0 Å². The summed E-state index contributed by atoms with van der Waals surface area (Å²) in [6.07, 6.45) is 2.65. The van der Waals surface area contributed by atoms with Crippen molar-refractivity contribution in [2.24, 2.45) is 0 Å². The summed E-state index contributed by atoms with van der Waals surface area (Å²) in [4.78, 5) is 0. The molecule has 0 heterocycles. The van der Waals surface area contributed by atoms with Gasteiger partial charge < -0.3 is 5.11 Å². The summed E-state index contributed by atoms with van der Waals surface area (Å²) >= 11 is 0. The van der Waals surface area contributed by atoms with Gasteiger partial charge in [0, 0.05) is 6.58 Å². The zero-order valence-electron chi connectivity index (χ0n) is 5.15. The van der Waals surface area contributed by atoms with Gasteiger partial charge in [-0.2, -0.15) is 0 Å². The molecule has 0 bridgehead atoms. The second-order valence-corrected chi connectivity index (χ2v) is 1.32. The molecule has 0 aliphatic heterocycles. The molecule has 0 spiro atoms. The Hall–Kier alpha value is -0.0400. The highest BCUT2D eigenvalue weighted by atomic mass is 16.2. The van der Waals surface area contributed by atoms with Gasteiger partial charge in [-0.1, -0.05) is 19.8 Å². The van der Waals surface area contributed by atoms with E-state index in [0.717, 1.165) is 12.8 Å². The first kappa shape index (κ1) is 4.13. The minimum atomic E-state index is -0.847. The lowest BCUT2D eigenvalue weighted by atomic mass is 10.3. The summed E-state index contributed by atoms with van der Waals surface area (Å²) in [7, 11) is 0. The Bertz CT molecular complexity index is 37.1. The van der Waals surface area contributed by atoms with Crippen molar-refractivity contribution in [2.45, 2.75) is 26.2 Å². The molecule has 0 rings (SSSR count). The van der Waals surface area contributed by atoms with Crippen LogP contribution >= 0.6 is 0 Å². The molecular weight excluding hydrogens is 76.1 g/mol. The molecule has 1 heteroatoms. The van der Waals surface area contributed by atoms with Gasteiger partial charge >= 0.3 is 0 Å². The van der Waals surface area contributed by atoms with Crippen LogP contribution in [-0.4, -0.2) is 11.7 Å². The number of unbranched alkanes of at least 4 members (excludes halogenated alkanes) is 1. The second kappa shape index (κ2) is 4.96. The van der Waals surface area contributed by atoms with Gasteiger partial charge in [0.2, 0.25) is 0 Å². The van der Waals surface area contributed by atoms with Crippen molar-refractivity contribution < 1.29 is 6.48 Å². The summed E-state index contributed by atoms with van der Waals surface area (Å²) in [6.45, 7) is 1.20. The molecule has 1 atom stereocenters. The molecule has 0 aliphatic carbocycles. The normalized spacial score (nSPS) is 16.7. The summed E-state index contributed by atoms with van der Waals surface area (Å²) in [5.74, 6) is 0. The number of hydrogen-bond acceptors (Lipinski definition) is 1. The largest absolute Gasteiger partial charge is 0.396 e.